The normalized spacial score (nSPS) is 10.5. The Balaban J connectivity index is 1.61. The second-order valence-electron chi connectivity index (χ2n) is 6.99. The van der Waals surface area contributed by atoms with Crippen LogP contribution >= 0.6 is 11.8 Å². The molecule has 4 rings (SSSR count). The van der Waals surface area contributed by atoms with E-state index in [1.54, 1.807) is 47.0 Å². The number of carbonyl (C=O) groups is 1. The molecule has 0 atom stereocenters. The lowest BCUT2D eigenvalue weighted by Gasteiger charge is -2.11. The quantitative estimate of drug-likeness (QED) is 0.425. The number of halogens is 1. The molecule has 0 spiro atoms. The highest BCUT2D eigenvalue weighted by molar-refractivity contribution is 7.99. The fourth-order valence-corrected chi connectivity index (χ4v) is 3.85. The molecule has 6 nitrogen and oxygen atoms in total. The summed E-state index contributed by atoms with van der Waals surface area (Å²) in [5.41, 5.74) is 3.18. The minimum atomic E-state index is -0.403. The zero-order chi connectivity index (χ0) is 22.5. The van der Waals surface area contributed by atoms with Crippen LogP contribution in [0.3, 0.4) is 0 Å². The summed E-state index contributed by atoms with van der Waals surface area (Å²) in [4.78, 5) is 12.5. The van der Waals surface area contributed by atoms with E-state index in [1.807, 2.05) is 37.3 Å². The number of benzene rings is 3. The van der Waals surface area contributed by atoms with E-state index in [2.05, 4.69) is 15.5 Å². The van der Waals surface area contributed by atoms with Crippen LogP contribution in [0.2, 0.25) is 0 Å². The number of carbonyl (C=O) groups excluding carboxylic acids is 1. The molecule has 32 heavy (non-hydrogen) atoms. The van der Waals surface area contributed by atoms with Crippen molar-refractivity contribution >= 4 is 23.4 Å². The molecule has 0 radical (unpaired) electrons. The standard InChI is InChI=1S/C24H18FN5OS/c1-16-9-11-19(12-10-16)30-23(20-7-2-3-8-21(20)25)28-29-24(30)32-15-22(31)27-18-6-4-5-17(13-18)14-26/h2-13H,15H2,1H3,(H,27,31). The van der Waals surface area contributed by atoms with Gasteiger partial charge in [-0.2, -0.15) is 5.26 Å². The fraction of sp³-hybridized carbons (Fsp3) is 0.0833. The van der Waals surface area contributed by atoms with Crippen LogP contribution < -0.4 is 5.32 Å². The highest BCUT2D eigenvalue weighted by Crippen LogP contribution is 2.29. The second kappa shape index (κ2) is 9.45. The number of nitriles is 1. The Morgan fingerprint density at radius 2 is 1.88 bits per heavy atom. The summed E-state index contributed by atoms with van der Waals surface area (Å²) in [5, 5.41) is 20.7. The molecule has 1 N–H and O–H groups in total. The SMILES string of the molecule is Cc1ccc(-n2c(SCC(=O)Nc3cccc(C#N)c3)nnc2-c2ccccc2F)cc1. The van der Waals surface area contributed by atoms with Crippen LogP contribution in [0.1, 0.15) is 11.1 Å². The maximum absolute atomic E-state index is 14.5. The van der Waals surface area contributed by atoms with Crippen molar-refractivity contribution in [3.8, 4) is 23.1 Å². The molecule has 1 amide bonds. The molecule has 4 aromatic rings. The number of amides is 1. The molecule has 158 valence electrons. The van der Waals surface area contributed by atoms with Crippen molar-refractivity contribution in [1.29, 1.82) is 5.26 Å². The Morgan fingerprint density at radius 1 is 1.09 bits per heavy atom. The Labute approximate surface area is 188 Å². The zero-order valence-corrected chi connectivity index (χ0v) is 17.9. The first-order valence-corrected chi connectivity index (χ1v) is 10.7. The molecule has 0 aliphatic rings. The molecule has 0 unspecified atom stereocenters. The number of thioether (sulfide) groups is 1. The minimum absolute atomic E-state index is 0.0675. The summed E-state index contributed by atoms with van der Waals surface area (Å²) in [5.74, 6) is -0.231. The van der Waals surface area contributed by atoms with Gasteiger partial charge in [-0.3, -0.25) is 9.36 Å². The third-order valence-electron chi connectivity index (χ3n) is 4.65. The summed E-state index contributed by atoms with van der Waals surface area (Å²) >= 11 is 1.19. The van der Waals surface area contributed by atoms with Gasteiger partial charge in [-0.05, 0) is 49.4 Å². The lowest BCUT2D eigenvalue weighted by Crippen LogP contribution is -2.14. The molecular weight excluding hydrogens is 425 g/mol. The lowest BCUT2D eigenvalue weighted by molar-refractivity contribution is -0.113. The van der Waals surface area contributed by atoms with Gasteiger partial charge in [0.15, 0.2) is 11.0 Å². The number of anilines is 1. The molecule has 0 aliphatic heterocycles. The van der Waals surface area contributed by atoms with Crippen LogP contribution in [0.4, 0.5) is 10.1 Å². The van der Waals surface area contributed by atoms with Crippen molar-refractivity contribution in [2.24, 2.45) is 0 Å². The smallest absolute Gasteiger partial charge is 0.234 e. The second-order valence-corrected chi connectivity index (χ2v) is 7.93. The summed E-state index contributed by atoms with van der Waals surface area (Å²) in [7, 11) is 0. The van der Waals surface area contributed by atoms with Crippen molar-refractivity contribution in [2.45, 2.75) is 12.1 Å². The van der Waals surface area contributed by atoms with Gasteiger partial charge in [0.25, 0.3) is 0 Å². The highest BCUT2D eigenvalue weighted by Gasteiger charge is 2.19. The summed E-state index contributed by atoms with van der Waals surface area (Å²) in [6, 6.07) is 22.8. The fourth-order valence-electron chi connectivity index (χ4n) is 3.10. The maximum atomic E-state index is 14.5. The van der Waals surface area contributed by atoms with Crippen molar-refractivity contribution in [2.75, 3.05) is 11.1 Å². The number of nitrogens with one attached hydrogen (secondary N) is 1. The Bertz CT molecular complexity index is 1310. The first-order valence-electron chi connectivity index (χ1n) is 9.75. The number of hydrogen-bond acceptors (Lipinski definition) is 5. The first-order chi connectivity index (χ1) is 15.5. The van der Waals surface area contributed by atoms with Gasteiger partial charge in [-0.1, -0.05) is 47.7 Å². The lowest BCUT2D eigenvalue weighted by atomic mass is 10.2. The number of rotatable bonds is 6. The average Bonchev–Trinajstić information content (AvgIpc) is 3.22. The van der Waals surface area contributed by atoms with Crippen molar-refractivity contribution < 1.29 is 9.18 Å². The monoisotopic (exact) mass is 443 g/mol. The van der Waals surface area contributed by atoms with Gasteiger partial charge in [0.05, 0.1) is 22.9 Å². The van der Waals surface area contributed by atoms with Gasteiger partial charge in [0.2, 0.25) is 5.91 Å². The third-order valence-corrected chi connectivity index (χ3v) is 5.58. The third kappa shape index (κ3) is 4.68. The number of nitrogens with zero attached hydrogens (tertiary/aromatic N) is 4. The van der Waals surface area contributed by atoms with Crippen LogP contribution in [-0.2, 0) is 4.79 Å². The molecule has 1 aromatic heterocycles. The van der Waals surface area contributed by atoms with E-state index in [4.69, 9.17) is 5.26 Å². The van der Waals surface area contributed by atoms with Gasteiger partial charge in [-0.25, -0.2) is 4.39 Å². The number of aryl methyl sites for hydroxylation is 1. The Hall–Kier alpha value is -3.96. The van der Waals surface area contributed by atoms with E-state index in [0.29, 0.717) is 27.8 Å². The van der Waals surface area contributed by atoms with Crippen LogP contribution in [0.15, 0.2) is 78.0 Å². The van der Waals surface area contributed by atoms with E-state index in [0.717, 1.165) is 11.3 Å². The van der Waals surface area contributed by atoms with Crippen molar-refractivity contribution in [3.63, 3.8) is 0 Å². The van der Waals surface area contributed by atoms with Gasteiger partial charge in [-0.15, -0.1) is 10.2 Å². The Kier molecular flexibility index (Phi) is 6.29. The molecule has 0 bridgehead atoms. The molecule has 0 saturated carbocycles. The first kappa shape index (κ1) is 21.3. The van der Waals surface area contributed by atoms with Crippen LogP contribution in [0, 0.1) is 24.1 Å². The van der Waals surface area contributed by atoms with Gasteiger partial charge in [0, 0.05) is 11.4 Å². The van der Waals surface area contributed by atoms with Gasteiger partial charge >= 0.3 is 0 Å². The van der Waals surface area contributed by atoms with Gasteiger partial charge in [0.1, 0.15) is 5.82 Å². The van der Waals surface area contributed by atoms with Crippen molar-refractivity contribution in [3.05, 3.63) is 89.7 Å². The average molecular weight is 444 g/mol. The van der Waals surface area contributed by atoms with E-state index in [1.165, 1.54) is 17.8 Å². The zero-order valence-electron chi connectivity index (χ0n) is 17.1. The molecule has 0 saturated heterocycles. The predicted octanol–water partition coefficient (Wildman–Crippen LogP) is 4.98. The molecule has 0 fully saturated rings. The molecular formula is C24H18FN5OS. The van der Waals surface area contributed by atoms with Crippen molar-refractivity contribution in [1.82, 2.24) is 14.8 Å². The summed E-state index contributed by atoms with van der Waals surface area (Å²) in [6.07, 6.45) is 0. The van der Waals surface area contributed by atoms with Crippen LogP contribution in [0.25, 0.3) is 17.1 Å². The minimum Gasteiger partial charge on any atom is -0.325 e. The highest BCUT2D eigenvalue weighted by atomic mass is 32.2. The summed E-state index contributed by atoms with van der Waals surface area (Å²) < 4.78 is 16.2. The number of aromatic nitrogens is 3. The predicted molar refractivity (Wildman–Crippen MR) is 122 cm³/mol. The Morgan fingerprint density at radius 3 is 2.62 bits per heavy atom. The maximum Gasteiger partial charge on any atom is 0.234 e. The van der Waals surface area contributed by atoms with Crippen LogP contribution in [0.5, 0.6) is 0 Å². The molecule has 0 aliphatic carbocycles. The van der Waals surface area contributed by atoms with E-state index >= 15 is 0 Å². The van der Waals surface area contributed by atoms with E-state index < -0.39 is 5.82 Å². The van der Waals surface area contributed by atoms with E-state index in [-0.39, 0.29) is 11.7 Å². The largest absolute Gasteiger partial charge is 0.325 e. The topological polar surface area (TPSA) is 83.6 Å². The number of hydrogen-bond donors (Lipinski definition) is 1. The molecule has 8 heteroatoms. The van der Waals surface area contributed by atoms with Gasteiger partial charge < -0.3 is 5.32 Å². The van der Waals surface area contributed by atoms with Crippen LogP contribution in [-0.4, -0.2) is 26.4 Å². The van der Waals surface area contributed by atoms with E-state index in [9.17, 15) is 9.18 Å². The molecule has 3 aromatic carbocycles. The summed E-state index contributed by atoms with van der Waals surface area (Å²) in [6.45, 7) is 1.98. The molecule has 1 heterocycles.